The van der Waals surface area contributed by atoms with E-state index in [4.69, 9.17) is 0 Å². The van der Waals surface area contributed by atoms with Crippen LogP contribution in [0, 0.1) is 27.7 Å². The van der Waals surface area contributed by atoms with Crippen LogP contribution in [0.5, 0.6) is 0 Å². The molecule has 1 aliphatic rings. The summed E-state index contributed by atoms with van der Waals surface area (Å²) in [5.41, 5.74) is 11.8. The quantitative estimate of drug-likeness (QED) is 0.210. The molecule has 0 aromatic heterocycles. The van der Waals surface area contributed by atoms with Gasteiger partial charge in [-0.25, -0.2) is 0 Å². The van der Waals surface area contributed by atoms with Crippen molar-refractivity contribution in [3.05, 3.63) is 144 Å². The molecule has 0 spiro atoms. The van der Waals surface area contributed by atoms with Crippen LogP contribution in [0.2, 0.25) is 0 Å². The van der Waals surface area contributed by atoms with Gasteiger partial charge in [-0.2, -0.15) is 9.15 Å². The Balaban J connectivity index is 1.66. The van der Waals surface area contributed by atoms with Crippen LogP contribution in [0.3, 0.4) is 0 Å². The second kappa shape index (κ2) is 10.1. The summed E-state index contributed by atoms with van der Waals surface area (Å²) in [6, 6.07) is 34.9. The number of allylic oxidation sites excluding steroid dienone is 4. The summed E-state index contributed by atoms with van der Waals surface area (Å²) in [4.78, 5) is 0. The van der Waals surface area contributed by atoms with Gasteiger partial charge < -0.3 is 0 Å². The van der Waals surface area contributed by atoms with Crippen LogP contribution in [-0.2, 0) is 0 Å². The molecular formula is C34H32N2+2. The minimum Gasteiger partial charge on any atom is -0.154 e. The fourth-order valence-corrected chi connectivity index (χ4v) is 4.42. The Hall–Kier alpha value is -4.30. The molecule has 0 radical (unpaired) electrons. The maximum atomic E-state index is 2.31. The molecule has 0 atom stereocenters. The predicted molar refractivity (Wildman–Crippen MR) is 156 cm³/mol. The molecule has 2 heteroatoms. The fourth-order valence-electron chi connectivity index (χ4n) is 4.42. The maximum absolute atomic E-state index is 2.31. The second-order valence-electron chi connectivity index (χ2n) is 9.53. The number of nitrogens with zero attached hydrogens (tertiary/aromatic N) is 2. The summed E-state index contributed by atoms with van der Waals surface area (Å²) < 4.78 is 4.62. The highest BCUT2D eigenvalue weighted by molar-refractivity contribution is 6.20. The molecule has 0 amide bonds. The van der Waals surface area contributed by atoms with Crippen molar-refractivity contribution < 1.29 is 0 Å². The fraction of sp³-hybridized carbons (Fsp3) is 0.118. The average Bonchev–Trinajstić information content (AvgIpc) is 2.90. The largest absolute Gasteiger partial charge is 0.212 e. The topological polar surface area (TPSA) is 6.02 Å². The van der Waals surface area contributed by atoms with Gasteiger partial charge in [0.2, 0.25) is 34.2 Å². The van der Waals surface area contributed by atoms with Gasteiger partial charge in [0, 0.05) is 72.8 Å². The standard InChI is InChI=1S/C34H32N2/c1-25-5-13-29(14-6-25)35(30-15-7-26(2)8-16-30)33-21-23-34(24-22-33)36(31-17-9-27(3)10-18-31)32-19-11-28(4)12-20-32/h5-24H,1-4H3/q+2. The summed E-state index contributed by atoms with van der Waals surface area (Å²) in [6.07, 6.45) is 8.85. The molecule has 4 aromatic carbocycles. The van der Waals surface area contributed by atoms with Gasteiger partial charge in [-0.1, -0.05) is 70.8 Å². The van der Waals surface area contributed by atoms with Crippen LogP contribution in [0.25, 0.3) is 0 Å². The zero-order valence-corrected chi connectivity index (χ0v) is 21.4. The molecule has 0 bridgehead atoms. The SMILES string of the molecule is Cc1ccc([N+](=C2C=CC(=[N+](c3ccc(C)cc3)c3ccc(C)cc3)C=C2)c2ccc(C)cc2)cc1. The lowest BCUT2D eigenvalue weighted by molar-refractivity contribution is 1.07. The van der Waals surface area contributed by atoms with Crippen molar-refractivity contribution in [2.45, 2.75) is 27.7 Å². The summed E-state index contributed by atoms with van der Waals surface area (Å²) in [5.74, 6) is 0. The van der Waals surface area contributed by atoms with Crippen molar-refractivity contribution >= 4 is 34.2 Å². The van der Waals surface area contributed by atoms with Crippen molar-refractivity contribution in [2.24, 2.45) is 0 Å². The van der Waals surface area contributed by atoms with Gasteiger partial charge in [0.05, 0.1) is 0 Å². The van der Waals surface area contributed by atoms with E-state index in [1.165, 1.54) is 22.3 Å². The molecule has 0 fully saturated rings. The van der Waals surface area contributed by atoms with E-state index in [-0.39, 0.29) is 0 Å². The zero-order valence-electron chi connectivity index (χ0n) is 21.4. The molecule has 4 aromatic rings. The van der Waals surface area contributed by atoms with Gasteiger partial charge in [0.1, 0.15) is 0 Å². The third-order valence-corrected chi connectivity index (χ3v) is 6.53. The first-order valence-electron chi connectivity index (χ1n) is 12.4. The lowest BCUT2D eigenvalue weighted by Crippen LogP contribution is -2.20. The van der Waals surface area contributed by atoms with Crippen LogP contribution in [-0.4, -0.2) is 11.4 Å². The molecule has 0 unspecified atom stereocenters. The Labute approximate surface area is 214 Å². The third kappa shape index (κ3) is 5.04. The maximum Gasteiger partial charge on any atom is 0.212 e. The van der Waals surface area contributed by atoms with Gasteiger partial charge in [0.15, 0.2) is 0 Å². The summed E-state index contributed by atoms with van der Waals surface area (Å²) in [5, 5.41) is 0. The number of hydrogen-bond donors (Lipinski definition) is 0. The van der Waals surface area contributed by atoms with Crippen molar-refractivity contribution in [2.75, 3.05) is 0 Å². The Kier molecular flexibility index (Phi) is 6.60. The molecule has 0 aliphatic heterocycles. The summed E-state index contributed by atoms with van der Waals surface area (Å²) >= 11 is 0. The van der Waals surface area contributed by atoms with Crippen LogP contribution in [0.15, 0.2) is 121 Å². The van der Waals surface area contributed by atoms with Crippen molar-refractivity contribution in [1.82, 2.24) is 9.15 Å². The highest BCUT2D eigenvalue weighted by Gasteiger charge is 2.23. The van der Waals surface area contributed by atoms with Crippen LogP contribution in [0.4, 0.5) is 22.7 Å². The molecule has 0 saturated carbocycles. The van der Waals surface area contributed by atoms with E-state index >= 15 is 0 Å². The lowest BCUT2D eigenvalue weighted by atomic mass is 10.1. The van der Waals surface area contributed by atoms with Crippen LogP contribution >= 0.6 is 0 Å². The Morgan fingerprint density at radius 1 is 0.306 bits per heavy atom. The molecule has 36 heavy (non-hydrogen) atoms. The van der Waals surface area contributed by atoms with E-state index < -0.39 is 0 Å². The minimum absolute atomic E-state index is 1.12. The third-order valence-electron chi connectivity index (χ3n) is 6.53. The molecule has 176 valence electrons. The molecule has 0 saturated heterocycles. The van der Waals surface area contributed by atoms with E-state index in [1.54, 1.807) is 0 Å². The Morgan fingerprint density at radius 2 is 0.500 bits per heavy atom. The number of aryl methyl sites for hydroxylation is 4. The zero-order chi connectivity index (χ0) is 25.1. The summed E-state index contributed by atoms with van der Waals surface area (Å²) in [7, 11) is 0. The van der Waals surface area contributed by atoms with Crippen molar-refractivity contribution in [3.63, 3.8) is 0 Å². The van der Waals surface area contributed by atoms with Gasteiger partial charge in [0.25, 0.3) is 0 Å². The Bertz CT molecular complexity index is 1260. The Morgan fingerprint density at radius 3 is 0.694 bits per heavy atom. The first-order valence-corrected chi connectivity index (χ1v) is 12.4. The molecular weight excluding hydrogens is 436 g/mol. The molecule has 1 aliphatic carbocycles. The van der Waals surface area contributed by atoms with Crippen LogP contribution < -0.4 is 9.15 Å². The average molecular weight is 469 g/mol. The van der Waals surface area contributed by atoms with Gasteiger partial charge in [-0.3, -0.25) is 0 Å². The number of hydrogen-bond acceptors (Lipinski definition) is 0. The van der Waals surface area contributed by atoms with E-state index in [0.717, 1.165) is 34.2 Å². The first kappa shape index (κ1) is 23.4. The monoisotopic (exact) mass is 468 g/mol. The normalized spacial score (nSPS) is 12.7. The van der Waals surface area contributed by atoms with Gasteiger partial charge in [-0.05, 0) is 27.7 Å². The highest BCUT2D eigenvalue weighted by atomic mass is 15.0. The van der Waals surface area contributed by atoms with Gasteiger partial charge >= 0.3 is 0 Å². The predicted octanol–water partition coefficient (Wildman–Crippen LogP) is 8.30. The smallest absolute Gasteiger partial charge is 0.154 e. The lowest BCUT2D eigenvalue weighted by Gasteiger charge is -2.10. The van der Waals surface area contributed by atoms with E-state index in [1.807, 2.05) is 0 Å². The van der Waals surface area contributed by atoms with E-state index in [0.29, 0.717) is 0 Å². The van der Waals surface area contributed by atoms with Crippen LogP contribution in [0.1, 0.15) is 22.3 Å². The number of rotatable bonds is 4. The summed E-state index contributed by atoms with van der Waals surface area (Å²) in [6.45, 7) is 8.50. The highest BCUT2D eigenvalue weighted by Crippen LogP contribution is 2.25. The van der Waals surface area contributed by atoms with Crippen molar-refractivity contribution in [1.29, 1.82) is 0 Å². The second-order valence-corrected chi connectivity index (χ2v) is 9.53. The van der Waals surface area contributed by atoms with Crippen molar-refractivity contribution in [3.8, 4) is 0 Å². The molecule has 0 heterocycles. The molecule has 2 nitrogen and oxygen atoms in total. The molecule has 0 N–H and O–H groups in total. The van der Waals surface area contributed by atoms with E-state index in [9.17, 15) is 0 Å². The first-order chi connectivity index (χ1) is 17.5. The number of benzene rings is 4. The van der Waals surface area contributed by atoms with E-state index in [2.05, 4.69) is 158 Å². The minimum atomic E-state index is 1.12. The molecule has 5 rings (SSSR count). The van der Waals surface area contributed by atoms with Gasteiger partial charge in [-0.15, -0.1) is 0 Å².